The van der Waals surface area contributed by atoms with Gasteiger partial charge in [0.25, 0.3) is 0 Å². The van der Waals surface area contributed by atoms with Crippen LogP contribution in [0.25, 0.3) is 0 Å². The molecule has 1 aromatic heterocycles. The molecule has 16 heavy (non-hydrogen) atoms. The molecule has 0 unspecified atom stereocenters. The van der Waals surface area contributed by atoms with Crippen molar-refractivity contribution >= 4 is 0 Å². The second-order valence-electron chi connectivity index (χ2n) is 4.57. The standard InChI is InChI=1S/C11H20N4O/c1-16-9-11-12-13-14-15(11)8-10-6-4-2-3-5-7-10/h10H,2-9H2,1H3. The zero-order chi connectivity index (χ0) is 11.2. The van der Waals surface area contributed by atoms with Gasteiger partial charge in [-0.15, -0.1) is 5.10 Å². The van der Waals surface area contributed by atoms with Crippen molar-refractivity contribution in [1.82, 2.24) is 20.2 Å². The van der Waals surface area contributed by atoms with E-state index >= 15 is 0 Å². The first-order valence-corrected chi connectivity index (χ1v) is 6.14. The Bertz CT molecular complexity index is 305. The fourth-order valence-electron chi connectivity index (χ4n) is 2.39. The predicted octanol–water partition coefficient (Wildman–Crippen LogP) is 1.79. The lowest BCUT2D eigenvalue weighted by Gasteiger charge is -2.14. The van der Waals surface area contributed by atoms with Crippen LogP contribution >= 0.6 is 0 Å². The zero-order valence-corrected chi connectivity index (χ0v) is 9.93. The van der Waals surface area contributed by atoms with Crippen molar-refractivity contribution in [3.8, 4) is 0 Å². The number of tetrazole rings is 1. The molecule has 0 spiro atoms. The van der Waals surface area contributed by atoms with Crippen LogP contribution in [-0.4, -0.2) is 27.3 Å². The molecule has 1 saturated carbocycles. The molecule has 0 aromatic carbocycles. The van der Waals surface area contributed by atoms with Crippen LogP contribution in [0.2, 0.25) is 0 Å². The molecule has 0 atom stereocenters. The molecule has 1 aliphatic carbocycles. The molecule has 0 aliphatic heterocycles. The second-order valence-corrected chi connectivity index (χ2v) is 4.57. The van der Waals surface area contributed by atoms with Gasteiger partial charge in [-0.2, -0.15) is 0 Å². The van der Waals surface area contributed by atoms with E-state index in [0.717, 1.165) is 18.3 Å². The van der Waals surface area contributed by atoms with Gasteiger partial charge in [-0.1, -0.05) is 25.7 Å². The van der Waals surface area contributed by atoms with Gasteiger partial charge >= 0.3 is 0 Å². The molecule has 90 valence electrons. The Hall–Kier alpha value is -0.970. The molecule has 0 bridgehead atoms. The minimum absolute atomic E-state index is 0.500. The summed E-state index contributed by atoms with van der Waals surface area (Å²) >= 11 is 0. The molecular formula is C11H20N4O. The summed E-state index contributed by atoms with van der Waals surface area (Å²) in [5, 5.41) is 11.7. The summed E-state index contributed by atoms with van der Waals surface area (Å²) in [6, 6.07) is 0. The fourth-order valence-corrected chi connectivity index (χ4v) is 2.39. The molecule has 5 nitrogen and oxygen atoms in total. The molecule has 0 saturated heterocycles. The molecule has 1 aromatic rings. The Balaban J connectivity index is 1.93. The van der Waals surface area contributed by atoms with E-state index in [1.807, 2.05) is 4.68 Å². The Morgan fingerprint density at radius 3 is 2.69 bits per heavy atom. The normalized spacial score (nSPS) is 18.6. The van der Waals surface area contributed by atoms with Crippen LogP contribution in [0.4, 0.5) is 0 Å². The Morgan fingerprint density at radius 2 is 2.00 bits per heavy atom. The number of ether oxygens (including phenoxy) is 1. The van der Waals surface area contributed by atoms with E-state index in [1.54, 1.807) is 7.11 Å². The van der Waals surface area contributed by atoms with Gasteiger partial charge in [0.05, 0.1) is 0 Å². The monoisotopic (exact) mass is 224 g/mol. The van der Waals surface area contributed by atoms with Crippen molar-refractivity contribution < 1.29 is 4.74 Å². The molecule has 1 aliphatic rings. The Kier molecular flexibility index (Phi) is 4.27. The quantitative estimate of drug-likeness (QED) is 0.732. The topological polar surface area (TPSA) is 52.8 Å². The van der Waals surface area contributed by atoms with Crippen LogP contribution in [0.3, 0.4) is 0 Å². The van der Waals surface area contributed by atoms with E-state index in [-0.39, 0.29) is 0 Å². The van der Waals surface area contributed by atoms with E-state index in [2.05, 4.69) is 15.5 Å². The molecule has 1 fully saturated rings. The number of rotatable bonds is 4. The lowest BCUT2D eigenvalue weighted by Crippen LogP contribution is -2.14. The second kappa shape index (κ2) is 5.94. The minimum atomic E-state index is 0.500. The first kappa shape index (κ1) is 11.5. The summed E-state index contributed by atoms with van der Waals surface area (Å²) in [5.41, 5.74) is 0. The van der Waals surface area contributed by atoms with E-state index in [9.17, 15) is 0 Å². The third-order valence-electron chi connectivity index (χ3n) is 3.29. The summed E-state index contributed by atoms with van der Waals surface area (Å²) in [7, 11) is 1.67. The first-order valence-electron chi connectivity index (χ1n) is 6.14. The summed E-state index contributed by atoms with van der Waals surface area (Å²) in [4.78, 5) is 0. The van der Waals surface area contributed by atoms with Gasteiger partial charge in [0.2, 0.25) is 0 Å². The summed E-state index contributed by atoms with van der Waals surface area (Å²) < 4.78 is 6.98. The van der Waals surface area contributed by atoms with Gasteiger partial charge in [0.15, 0.2) is 5.82 Å². The third kappa shape index (κ3) is 3.01. The van der Waals surface area contributed by atoms with E-state index in [0.29, 0.717) is 6.61 Å². The predicted molar refractivity (Wildman–Crippen MR) is 59.7 cm³/mol. The molecule has 5 heteroatoms. The van der Waals surface area contributed by atoms with Crippen LogP contribution < -0.4 is 0 Å². The summed E-state index contributed by atoms with van der Waals surface area (Å²) in [6.07, 6.45) is 8.10. The third-order valence-corrected chi connectivity index (χ3v) is 3.29. The van der Waals surface area contributed by atoms with Crippen molar-refractivity contribution in [3.63, 3.8) is 0 Å². The highest BCUT2D eigenvalue weighted by molar-refractivity contribution is 4.78. The highest BCUT2D eigenvalue weighted by Gasteiger charge is 2.15. The van der Waals surface area contributed by atoms with Crippen LogP contribution in [0, 0.1) is 5.92 Å². The first-order chi connectivity index (χ1) is 7.90. The average Bonchev–Trinajstić information content (AvgIpc) is 2.56. The zero-order valence-electron chi connectivity index (χ0n) is 9.93. The van der Waals surface area contributed by atoms with Gasteiger partial charge in [0.1, 0.15) is 6.61 Å². The van der Waals surface area contributed by atoms with Crippen LogP contribution in [0.15, 0.2) is 0 Å². The van der Waals surface area contributed by atoms with Gasteiger partial charge < -0.3 is 4.74 Å². The number of hydrogen-bond donors (Lipinski definition) is 0. The maximum atomic E-state index is 5.08. The van der Waals surface area contributed by atoms with Gasteiger partial charge in [-0.25, -0.2) is 4.68 Å². The van der Waals surface area contributed by atoms with Crippen LogP contribution in [-0.2, 0) is 17.9 Å². The summed E-state index contributed by atoms with van der Waals surface area (Å²) in [6.45, 7) is 1.45. The van der Waals surface area contributed by atoms with Gasteiger partial charge in [-0.3, -0.25) is 0 Å². The lowest BCUT2D eigenvalue weighted by molar-refractivity contribution is 0.170. The number of nitrogens with zero attached hydrogens (tertiary/aromatic N) is 4. The van der Waals surface area contributed by atoms with Crippen molar-refractivity contribution in [1.29, 1.82) is 0 Å². The maximum Gasteiger partial charge on any atom is 0.177 e. The molecule has 0 amide bonds. The molecule has 0 radical (unpaired) electrons. The largest absolute Gasteiger partial charge is 0.377 e. The molecule has 2 rings (SSSR count). The number of methoxy groups -OCH3 is 1. The molecule has 0 N–H and O–H groups in total. The Labute approximate surface area is 96.2 Å². The van der Waals surface area contributed by atoms with Gasteiger partial charge in [-0.05, 0) is 29.2 Å². The maximum absolute atomic E-state index is 5.08. The van der Waals surface area contributed by atoms with Crippen molar-refractivity contribution in [2.45, 2.75) is 51.7 Å². The van der Waals surface area contributed by atoms with E-state index in [4.69, 9.17) is 4.74 Å². The summed E-state index contributed by atoms with van der Waals surface area (Å²) in [5.74, 6) is 1.58. The molecular weight excluding hydrogens is 204 g/mol. The highest BCUT2D eigenvalue weighted by atomic mass is 16.5. The minimum Gasteiger partial charge on any atom is -0.377 e. The molecule has 1 heterocycles. The number of hydrogen-bond acceptors (Lipinski definition) is 4. The van der Waals surface area contributed by atoms with E-state index < -0.39 is 0 Å². The SMILES string of the molecule is COCc1nnnn1CC1CCCCCC1. The van der Waals surface area contributed by atoms with Crippen LogP contribution in [0.1, 0.15) is 44.3 Å². The van der Waals surface area contributed by atoms with Crippen molar-refractivity contribution in [2.24, 2.45) is 5.92 Å². The Morgan fingerprint density at radius 1 is 1.25 bits per heavy atom. The smallest absolute Gasteiger partial charge is 0.177 e. The average molecular weight is 224 g/mol. The van der Waals surface area contributed by atoms with Crippen molar-refractivity contribution in [3.05, 3.63) is 5.82 Å². The highest BCUT2D eigenvalue weighted by Crippen LogP contribution is 2.24. The van der Waals surface area contributed by atoms with Gasteiger partial charge in [0, 0.05) is 13.7 Å². The number of aromatic nitrogens is 4. The lowest BCUT2D eigenvalue weighted by atomic mass is 10.0. The van der Waals surface area contributed by atoms with Crippen molar-refractivity contribution in [2.75, 3.05) is 7.11 Å². The van der Waals surface area contributed by atoms with E-state index in [1.165, 1.54) is 38.5 Å². The van der Waals surface area contributed by atoms with Crippen LogP contribution in [0.5, 0.6) is 0 Å². The fraction of sp³-hybridized carbons (Fsp3) is 0.909.